The second kappa shape index (κ2) is 9.62. The summed E-state index contributed by atoms with van der Waals surface area (Å²) in [6.07, 6.45) is 3.27. The van der Waals surface area contributed by atoms with E-state index in [2.05, 4.69) is 0 Å². The molecule has 3 aromatic rings. The van der Waals surface area contributed by atoms with Crippen LogP contribution in [-0.4, -0.2) is 33.4 Å². The second-order valence-electron chi connectivity index (χ2n) is 7.67. The average molecular weight is 455 g/mol. The number of hydrogen-bond acceptors (Lipinski definition) is 4. The number of benzene rings is 2. The molecule has 1 fully saturated rings. The molecule has 1 N–H and O–H groups in total. The van der Waals surface area contributed by atoms with Gasteiger partial charge in [0.05, 0.1) is 11.7 Å². The van der Waals surface area contributed by atoms with Crippen molar-refractivity contribution in [3.8, 4) is 0 Å². The summed E-state index contributed by atoms with van der Waals surface area (Å²) in [6, 6.07) is 17.1. The van der Waals surface area contributed by atoms with E-state index in [1.165, 1.54) is 11.3 Å². The van der Waals surface area contributed by atoms with Gasteiger partial charge in [0.15, 0.2) is 0 Å². The fourth-order valence-electron chi connectivity index (χ4n) is 3.96. The van der Waals surface area contributed by atoms with E-state index in [0.717, 1.165) is 24.0 Å². The van der Waals surface area contributed by atoms with Gasteiger partial charge < -0.3 is 10.0 Å². The van der Waals surface area contributed by atoms with Gasteiger partial charge in [-0.05, 0) is 42.5 Å². The summed E-state index contributed by atoms with van der Waals surface area (Å²) in [6.45, 7) is 0.687. The summed E-state index contributed by atoms with van der Waals surface area (Å²) in [5.41, 5.74) is 2.63. The van der Waals surface area contributed by atoms with Crippen LogP contribution in [0.25, 0.3) is 0 Å². The summed E-state index contributed by atoms with van der Waals surface area (Å²) in [7, 11) is 0. The molecule has 0 unspecified atom stereocenters. The minimum absolute atomic E-state index is 0.0951. The molecule has 1 aliphatic heterocycles. The normalized spacial score (nSPS) is 15.9. The number of carboxylic acids is 1. The first-order chi connectivity index (χ1) is 15.0. The number of hydrogen-bond donors (Lipinski definition) is 1. The maximum Gasteiger partial charge on any atom is 0.347 e. The van der Waals surface area contributed by atoms with Crippen LogP contribution in [0, 0.1) is 0 Å². The van der Waals surface area contributed by atoms with Crippen molar-refractivity contribution in [3.63, 3.8) is 0 Å². The number of amides is 1. The minimum Gasteiger partial charge on any atom is -0.477 e. The predicted octanol–water partition coefficient (Wildman–Crippen LogP) is 5.38. The lowest BCUT2D eigenvalue weighted by Crippen LogP contribution is -2.30. The van der Waals surface area contributed by atoms with Gasteiger partial charge in [-0.1, -0.05) is 54.1 Å². The lowest BCUT2D eigenvalue weighted by atomic mass is 10.1. The fourth-order valence-corrected chi connectivity index (χ4v) is 5.15. The molecule has 1 aliphatic rings. The van der Waals surface area contributed by atoms with Gasteiger partial charge in [0.1, 0.15) is 9.88 Å². The van der Waals surface area contributed by atoms with E-state index in [0.29, 0.717) is 41.5 Å². The van der Waals surface area contributed by atoms with E-state index in [4.69, 9.17) is 16.6 Å². The van der Waals surface area contributed by atoms with Gasteiger partial charge in [0.25, 0.3) is 0 Å². The Kier molecular flexibility index (Phi) is 6.68. The van der Waals surface area contributed by atoms with Crippen molar-refractivity contribution < 1.29 is 14.7 Å². The fraction of sp³-hybridized carbons (Fsp3) is 0.292. The molecule has 0 radical (unpaired) electrons. The molecule has 4 rings (SSSR count). The topological polar surface area (TPSA) is 70.5 Å². The Bertz CT molecular complexity index is 1070. The third kappa shape index (κ3) is 5.14. The van der Waals surface area contributed by atoms with E-state index in [9.17, 15) is 14.7 Å². The molecule has 160 valence electrons. The monoisotopic (exact) mass is 454 g/mol. The zero-order valence-electron chi connectivity index (χ0n) is 17.0. The molecule has 2 aromatic carbocycles. The molecule has 0 bridgehead atoms. The van der Waals surface area contributed by atoms with Gasteiger partial charge in [-0.15, -0.1) is 11.3 Å². The first kappa shape index (κ1) is 21.5. The van der Waals surface area contributed by atoms with Gasteiger partial charge in [-0.2, -0.15) is 0 Å². The third-order valence-electron chi connectivity index (χ3n) is 5.52. The van der Waals surface area contributed by atoms with E-state index in [-0.39, 0.29) is 16.8 Å². The van der Waals surface area contributed by atoms with Crippen LogP contribution in [0.15, 0.2) is 54.6 Å². The molecule has 1 atom stereocenters. The molecule has 1 amide bonds. The van der Waals surface area contributed by atoms with Crippen LogP contribution in [0.4, 0.5) is 0 Å². The van der Waals surface area contributed by atoms with Crippen LogP contribution in [0.2, 0.25) is 5.02 Å². The largest absolute Gasteiger partial charge is 0.477 e. The van der Waals surface area contributed by atoms with Gasteiger partial charge >= 0.3 is 5.97 Å². The Morgan fingerprint density at radius 2 is 1.84 bits per heavy atom. The van der Waals surface area contributed by atoms with Crippen LogP contribution in [0.5, 0.6) is 0 Å². The molecule has 0 saturated carbocycles. The van der Waals surface area contributed by atoms with Gasteiger partial charge in [0.2, 0.25) is 5.91 Å². The lowest BCUT2D eigenvalue weighted by Gasteiger charge is -2.23. The average Bonchev–Trinajstić information content (AvgIpc) is 3.41. The number of rotatable bonds is 7. The summed E-state index contributed by atoms with van der Waals surface area (Å²) >= 11 is 7.14. The minimum atomic E-state index is -0.979. The smallest absolute Gasteiger partial charge is 0.347 e. The molecular formula is C24H23ClN2O3S. The number of carbonyl (C=O) groups excluding carboxylic acids is 1. The number of thiazole rings is 1. The van der Waals surface area contributed by atoms with Crippen LogP contribution >= 0.6 is 22.9 Å². The van der Waals surface area contributed by atoms with Crippen LogP contribution in [0.1, 0.15) is 56.8 Å². The zero-order valence-corrected chi connectivity index (χ0v) is 18.5. The molecule has 0 spiro atoms. The van der Waals surface area contributed by atoms with E-state index in [1.807, 2.05) is 47.4 Å². The van der Waals surface area contributed by atoms with Gasteiger partial charge in [-0.3, -0.25) is 4.79 Å². The lowest BCUT2D eigenvalue weighted by molar-refractivity contribution is -0.132. The number of nitrogens with zero attached hydrogens (tertiary/aromatic N) is 2. The van der Waals surface area contributed by atoms with Crippen molar-refractivity contribution in [1.82, 2.24) is 9.88 Å². The van der Waals surface area contributed by atoms with E-state index >= 15 is 0 Å². The Morgan fingerprint density at radius 3 is 2.55 bits per heavy atom. The van der Waals surface area contributed by atoms with Crippen molar-refractivity contribution in [1.29, 1.82) is 0 Å². The van der Waals surface area contributed by atoms with Crippen molar-refractivity contribution in [3.05, 3.63) is 86.3 Å². The second-order valence-corrected chi connectivity index (χ2v) is 9.13. The Morgan fingerprint density at radius 1 is 1.10 bits per heavy atom. The third-order valence-corrected chi connectivity index (χ3v) is 6.96. The zero-order chi connectivity index (χ0) is 21.8. The first-order valence-corrected chi connectivity index (χ1v) is 11.5. The molecule has 1 saturated heterocycles. The highest BCUT2D eigenvalue weighted by Gasteiger charge is 2.33. The van der Waals surface area contributed by atoms with Crippen molar-refractivity contribution in [2.75, 3.05) is 6.54 Å². The summed E-state index contributed by atoms with van der Waals surface area (Å²) in [5, 5.41) is 11.0. The number of aromatic nitrogens is 1. The summed E-state index contributed by atoms with van der Waals surface area (Å²) < 4.78 is 0. The number of halogens is 1. The molecule has 0 aliphatic carbocycles. The maximum atomic E-state index is 12.9. The van der Waals surface area contributed by atoms with Crippen molar-refractivity contribution in [2.24, 2.45) is 0 Å². The Balaban J connectivity index is 1.51. The standard InChI is InChI=1S/C24H23ClN2O3S/c25-18-11-8-17(9-12-18)15-19-22(24(29)30)31-23(26-19)20-7-4-14-27(20)21(28)13-10-16-5-2-1-3-6-16/h1-3,5-6,8-9,11-12,20H,4,7,10,13-15H2,(H,29,30)/t20-/m1/s1. The SMILES string of the molecule is O=C(O)c1sc([C@H]2CCCN2C(=O)CCc2ccccc2)nc1Cc1ccc(Cl)cc1. The molecular weight excluding hydrogens is 432 g/mol. The Labute approximate surface area is 190 Å². The molecule has 1 aromatic heterocycles. The number of aromatic carboxylic acids is 1. The molecule has 5 nitrogen and oxygen atoms in total. The van der Waals surface area contributed by atoms with Crippen LogP contribution < -0.4 is 0 Å². The molecule has 7 heteroatoms. The van der Waals surface area contributed by atoms with Crippen LogP contribution in [-0.2, 0) is 17.6 Å². The van der Waals surface area contributed by atoms with Crippen molar-refractivity contribution >= 4 is 34.8 Å². The highest BCUT2D eigenvalue weighted by molar-refractivity contribution is 7.13. The Hall–Kier alpha value is -2.70. The quantitative estimate of drug-likeness (QED) is 0.520. The van der Waals surface area contributed by atoms with E-state index < -0.39 is 5.97 Å². The van der Waals surface area contributed by atoms with Gasteiger partial charge in [-0.25, -0.2) is 9.78 Å². The first-order valence-electron chi connectivity index (χ1n) is 10.3. The molecule has 31 heavy (non-hydrogen) atoms. The number of carboxylic acid groups (broad SMARTS) is 1. The number of likely N-dealkylation sites (tertiary alicyclic amines) is 1. The predicted molar refractivity (Wildman–Crippen MR) is 122 cm³/mol. The highest BCUT2D eigenvalue weighted by atomic mass is 35.5. The van der Waals surface area contributed by atoms with Gasteiger partial charge in [0, 0.05) is 24.4 Å². The van der Waals surface area contributed by atoms with Crippen LogP contribution in [0.3, 0.4) is 0 Å². The van der Waals surface area contributed by atoms with Crippen molar-refractivity contribution in [2.45, 2.75) is 38.1 Å². The maximum absolute atomic E-state index is 12.9. The number of carbonyl (C=O) groups is 2. The molecule has 2 heterocycles. The highest BCUT2D eigenvalue weighted by Crippen LogP contribution is 2.36. The summed E-state index contributed by atoms with van der Waals surface area (Å²) in [4.78, 5) is 31.6. The number of aryl methyl sites for hydroxylation is 1. The van der Waals surface area contributed by atoms with E-state index in [1.54, 1.807) is 12.1 Å². The summed E-state index contributed by atoms with van der Waals surface area (Å²) in [5.74, 6) is -0.884.